The van der Waals surface area contributed by atoms with Crippen molar-refractivity contribution < 1.29 is 4.79 Å². The second-order valence-electron chi connectivity index (χ2n) is 5.06. The minimum atomic E-state index is -0.311. The van der Waals surface area contributed by atoms with Crippen molar-refractivity contribution in [2.45, 2.75) is 25.4 Å². The highest BCUT2D eigenvalue weighted by atomic mass is 32.1. The number of hydrogen-bond donors (Lipinski definition) is 2. The number of hydrogen-bond acceptors (Lipinski definition) is 4. The quantitative estimate of drug-likeness (QED) is 0.907. The predicted molar refractivity (Wildman–Crippen MR) is 80.6 cm³/mol. The van der Waals surface area contributed by atoms with E-state index in [1.807, 2.05) is 18.2 Å². The van der Waals surface area contributed by atoms with E-state index in [-0.39, 0.29) is 6.03 Å². The van der Waals surface area contributed by atoms with Crippen molar-refractivity contribution >= 4 is 27.6 Å². The normalized spacial score (nSPS) is 16.7. The van der Waals surface area contributed by atoms with E-state index in [0.717, 1.165) is 43.0 Å². The average molecular weight is 290 g/mol. The van der Waals surface area contributed by atoms with Crippen LogP contribution in [0.25, 0.3) is 10.2 Å². The van der Waals surface area contributed by atoms with Crippen LogP contribution in [0.4, 0.5) is 4.79 Å². The number of nitrogens with one attached hydrogen (secondary N) is 1. The maximum absolute atomic E-state index is 11.1. The molecular formula is C14H18N4OS. The molecule has 0 bridgehead atoms. The summed E-state index contributed by atoms with van der Waals surface area (Å²) in [5, 5.41) is 4.64. The summed E-state index contributed by atoms with van der Waals surface area (Å²) in [6.07, 6.45) is 1.90. The van der Waals surface area contributed by atoms with Gasteiger partial charge in [0.05, 0.1) is 10.2 Å². The summed E-state index contributed by atoms with van der Waals surface area (Å²) < 4.78 is 1.23. The third-order valence-corrected chi connectivity index (χ3v) is 4.72. The Balaban J connectivity index is 1.54. The molecule has 106 valence electrons. The molecule has 20 heavy (non-hydrogen) atoms. The van der Waals surface area contributed by atoms with Gasteiger partial charge in [-0.3, -0.25) is 0 Å². The molecule has 5 nitrogen and oxygen atoms in total. The van der Waals surface area contributed by atoms with Gasteiger partial charge in [0.1, 0.15) is 5.01 Å². The lowest BCUT2D eigenvalue weighted by atomic mass is 10.1. The number of likely N-dealkylation sites (tertiary alicyclic amines) is 1. The van der Waals surface area contributed by atoms with Crippen LogP contribution in [0.1, 0.15) is 17.8 Å². The second-order valence-corrected chi connectivity index (χ2v) is 6.17. The second kappa shape index (κ2) is 5.76. The standard InChI is InChI=1S/C14H18N4OS/c15-14(19)18-7-5-10(6-8-18)16-9-13-17-11-3-1-2-4-12(11)20-13/h1-4,10,16H,5-9H2,(H2,15,19). The zero-order chi connectivity index (χ0) is 13.9. The molecule has 3 rings (SSSR count). The number of carbonyl (C=O) groups excluding carboxylic acids is 1. The van der Waals surface area contributed by atoms with Crippen molar-refractivity contribution in [1.29, 1.82) is 0 Å². The molecule has 0 atom stereocenters. The summed E-state index contributed by atoms with van der Waals surface area (Å²) in [7, 11) is 0. The smallest absolute Gasteiger partial charge is 0.314 e. The van der Waals surface area contributed by atoms with Gasteiger partial charge < -0.3 is 16.0 Å². The van der Waals surface area contributed by atoms with E-state index < -0.39 is 0 Å². The fraction of sp³-hybridized carbons (Fsp3) is 0.429. The van der Waals surface area contributed by atoms with E-state index in [2.05, 4.69) is 16.4 Å². The zero-order valence-electron chi connectivity index (χ0n) is 11.2. The number of fused-ring (bicyclic) bond motifs is 1. The molecule has 3 N–H and O–H groups in total. The van der Waals surface area contributed by atoms with E-state index in [9.17, 15) is 4.79 Å². The lowest BCUT2D eigenvalue weighted by molar-refractivity contribution is 0.185. The highest BCUT2D eigenvalue weighted by Crippen LogP contribution is 2.21. The van der Waals surface area contributed by atoms with Crippen molar-refractivity contribution in [1.82, 2.24) is 15.2 Å². The number of carbonyl (C=O) groups is 1. The van der Waals surface area contributed by atoms with Crippen LogP contribution < -0.4 is 11.1 Å². The van der Waals surface area contributed by atoms with Crippen LogP contribution in [0.2, 0.25) is 0 Å². The number of urea groups is 1. The number of nitrogens with two attached hydrogens (primary N) is 1. The number of benzene rings is 1. The molecule has 1 saturated heterocycles. The molecular weight excluding hydrogens is 272 g/mol. The number of nitrogens with zero attached hydrogens (tertiary/aromatic N) is 2. The molecule has 1 aliphatic rings. The Labute approximate surface area is 121 Å². The molecule has 2 aromatic rings. The first kappa shape index (κ1) is 13.3. The predicted octanol–water partition coefficient (Wildman–Crippen LogP) is 1.93. The third kappa shape index (κ3) is 2.91. The van der Waals surface area contributed by atoms with Crippen LogP contribution in [-0.2, 0) is 6.54 Å². The van der Waals surface area contributed by atoms with E-state index in [4.69, 9.17) is 5.73 Å². The highest BCUT2D eigenvalue weighted by molar-refractivity contribution is 7.18. The average Bonchev–Trinajstić information content (AvgIpc) is 2.88. The Kier molecular flexibility index (Phi) is 3.84. The first-order valence-electron chi connectivity index (χ1n) is 6.84. The minimum absolute atomic E-state index is 0.311. The summed E-state index contributed by atoms with van der Waals surface area (Å²) in [6, 6.07) is 8.32. The molecule has 0 unspecified atom stereocenters. The molecule has 1 fully saturated rings. The van der Waals surface area contributed by atoms with Gasteiger partial charge in [0.2, 0.25) is 0 Å². The summed E-state index contributed by atoms with van der Waals surface area (Å²) >= 11 is 1.73. The SMILES string of the molecule is NC(=O)N1CCC(NCc2nc3ccccc3s2)CC1. The van der Waals surface area contributed by atoms with Gasteiger partial charge >= 0.3 is 6.03 Å². The highest BCUT2D eigenvalue weighted by Gasteiger charge is 2.20. The van der Waals surface area contributed by atoms with E-state index >= 15 is 0 Å². The Hall–Kier alpha value is -1.66. The largest absolute Gasteiger partial charge is 0.351 e. The molecule has 1 aromatic carbocycles. The van der Waals surface area contributed by atoms with Crippen molar-refractivity contribution in [3.63, 3.8) is 0 Å². The summed E-state index contributed by atoms with van der Waals surface area (Å²) in [5.74, 6) is 0. The number of rotatable bonds is 3. The van der Waals surface area contributed by atoms with Crippen molar-refractivity contribution in [3.8, 4) is 0 Å². The van der Waals surface area contributed by atoms with E-state index in [1.54, 1.807) is 16.2 Å². The van der Waals surface area contributed by atoms with Crippen LogP contribution in [0.15, 0.2) is 24.3 Å². The lowest BCUT2D eigenvalue weighted by Gasteiger charge is -2.31. The minimum Gasteiger partial charge on any atom is -0.351 e. The monoisotopic (exact) mass is 290 g/mol. The Morgan fingerprint density at radius 1 is 1.40 bits per heavy atom. The number of aromatic nitrogens is 1. The van der Waals surface area contributed by atoms with Crippen molar-refractivity contribution in [2.24, 2.45) is 5.73 Å². The number of primary amides is 1. The Bertz CT molecular complexity index is 571. The number of para-hydroxylation sites is 1. The molecule has 0 saturated carbocycles. The summed E-state index contributed by atoms with van der Waals surface area (Å²) in [4.78, 5) is 17.4. The molecule has 0 aliphatic carbocycles. The zero-order valence-corrected chi connectivity index (χ0v) is 12.0. The first-order valence-corrected chi connectivity index (χ1v) is 7.66. The van der Waals surface area contributed by atoms with Gasteiger partial charge in [-0.15, -0.1) is 11.3 Å². The van der Waals surface area contributed by atoms with Gasteiger partial charge in [-0.05, 0) is 25.0 Å². The maximum Gasteiger partial charge on any atom is 0.314 e. The molecule has 0 spiro atoms. The van der Waals surface area contributed by atoms with Crippen LogP contribution in [0.5, 0.6) is 0 Å². The number of piperidine rings is 1. The van der Waals surface area contributed by atoms with Crippen LogP contribution in [0, 0.1) is 0 Å². The van der Waals surface area contributed by atoms with Crippen LogP contribution in [0.3, 0.4) is 0 Å². The fourth-order valence-corrected chi connectivity index (χ4v) is 3.45. The number of thiazole rings is 1. The summed E-state index contributed by atoms with van der Waals surface area (Å²) in [6.45, 7) is 2.28. The van der Waals surface area contributed by atoms with Crippen molar-refractivity contribution in [3.05, 3.63) is 29.3 Å². The van der Waals surface area contributed by atoms with Gasteiger partial charge in [0.25, 0.3) is 0 Å². The van der Waals surface area contributed by atoms with Gasteiger partial charge in [-0.25, -0.2) is 9.78 Å². The van der Waals surface area contributed by atoms with Gasteiger partial charge in [-0.1, -0.05) is 12.1 Å². The molecule has 6 heteroatoms. The summed E-state index contributed by atoms with van der Waals surface area (Å²) in [5.41, 5.74) is 6.35. The topological polar surface area (TPSA) is 71.2 Å². The third-order valence-electron chi connectivity index (χ3n) is 3.69. The maximum atomic E-state index is 11.1. The van der Waals surface area contributed by atoms with Gasteiger partial charge in [0, 0.05) is 25.7 Å². The number of amides is 2. The van der Waals surface area contributed by atoms with E-state index in [0.29, 0.717) is 6.04 Å². The fourth-order valence-electron chi connectivity index (χ4n) is 2.53. The van der Waals surface area contributed by atoms with Crippen molar-refractivity contribution in [2.75, 3.05) is 13.1 Å². The van der Waals surface area contributed by atoms with Gasteiger partial charge in [-0.2, -0.15) is 0 Å². The molecule has 2 heterocycles. The molecule has 1 aromatic heterocycles. The van der Waals surface area contributed by atoms with Crippen LogP contribution >= 0.6 is 11.3 Å². The van der Waals surface area contributed by atoms with E-state index in [1.165, 1.54) is 4.70 Å². The molecule has 0 radical (unpaired) electrons. The van der Waals surface area contributed by atoms with Crippen LogP contribution in [-0.4, -0.2) is 35.0 Å². The first-order chi connectivity index (χ1) is 9.72. The Morgan fingerprint density at radius 2 is 2.15 bits per heavy atom. The molecule has 2 amide bonds. The Morgan fingerprint density at radius 3 is 2.85 bits per heavy atom. The molecule has 1 aliphatic heterocycles. The lowest BCUT2D eigenvalue weighted by Crippen LogP contribution is -2.46. The van der Waals surface area contributed by atoms with Gasteiger partial charge in [0.15, 0.2) is 0 Å².